The Morgan fingerprint density at radius 3 is 1.90 bits per heavy atom. The van der Waals surface area contributed by atoms with Gasteiger partial charge in [0.1, 0.15) is 5.69 Å². The van der Waals surface area contributed by atoms with Crippen molar-refractivity contribution in [3.63, 3.8) is 0 Å². The number of nitrogens with one attached hydrogen (secondary N) is 1. The third-order valence-corrected chi connectivity index (χ3v) is 3.27. The van der Waals surface area contributed by atoms with E-state index < -0.39 is 0 Å². The number of aromatic amines is 1. The molecule has 0 saturated carbocycles. The maximum Gasteiger partial charge on any atom is 0.270 e. The Balaban J connectivity index is 2.20. The van der Waals surface area contributed by atoms with Gasteiger partial charge in [-0.05, 0) is 11.1 Å². The number of H-pyrrole nitrogens is 1. The van der Waals surface area contributed by atoms with E-state index >= 15 is 0 Å². The Bertz CT molecular complexity index is 696. The Kier molecular flexibility index (Phi) is 3.42. The molecular weight excluding hydrogens is 248 g/mol. The number of nitrogens with zero attached hydrogens (tertiary/aromatic N) is 1. The van der Waals surface area contributed by atoms with Crippen LogP contribution in [0, 0.1) is 0 Å². The van der Waals surface area contributed by atoms with Crippen molar-refractivity contribution in [2.75, 3.05) is 0 Å². The highest BCUT2D eigenvalue weighted by Gasteiger charge is 2.20. The molecular formula is C17H14N2O. The van der Waals surface area contributed by atoms with Crippen molar-refractivity contribution in [3.05, 3.63) is 100 Å². The fraction of sp³-hybridized carbons (Fsp3) is 0.0588. The van der Waals surface area contributed by atoms with Gasteiger partial charge in [-0.25, -0.2) is 0 Å². The average Bonchev–Trinajstić information content (AvgIpc) is 2.52. The molecule has 1 aromatic heterocycles. The summed E-state index contributed by atoms with van der Waals surface area (Å²) < 4.78 is 0. The molecule has 0 atom stereocenters. The molecule has 98 valence electrons. The van der Waals surface area contributed by atoms with E-state index in [2.05, 4.69) is 9.97 Å². The van der Waals surface area contributed by atoms with Crippen molar-refractivity contribution in [2.24, 2.45) is 0 Å². The summed E-state index contributed by atoms with van der Waals surface area (Å²) in [6.07, 6.45) is 3.18. The normalized spacial score (nSPS) is 10.7. The smallest absolute Gasteiger partial charge is 0.270 e. The summed E-state index contributed by atoms with van der Waals surface area (Å²) in [4.78, 5) is 19.1. The molecule has 3 aromatic rings. The number of hydrogen-bond acceptors (Lipinski definition) is 2. The summed E-state index contributed by atoms with van der Waals surface area (Å²) in [5, 5.41) is 0. The van der Waals surface area contributed by atoms with Crippen molar-refractivity contribution in [3.8, 4) is 0 Å². The average molecular weight is 262 g/mol. The van der Waals surface area contributed by atoms with Crippen molar-refractivity contribution in [1.29, 1.82) is 0 Å². The maximum atomic E-state index is 12.1. The second-order valence-corrected chi connectivity index (χ2v) is 4.56. The van der Waals surface area contributed by atoms with Crippen LogP contribution in [0.4, 0.5) is 0 Å². The van der Waals surface area contributed by atoms with E-state index in [-0.39, 0.29) is 11.5 Å². The van der Waals surface area contributed by atoms with Gasteiger partial charge in [-0.15, -0.1) is 0 Å². The van der Waals surface area contributed by atoms with Crippen LogP contribution in [-0.4, -0.2) is 9.97 Å². The van der Waals surface area contributed by atoms with Crippen LogP contribution >= 0.6 is 0 Å². The van der Waals surface area contributed by atoms with Crippen LogP contribution in [0.2, 0.25) is 0 Å². The zero-order valence-corrected chi connectivity index (χ0v) is 10.9. The highest BCUT2D eigenvalue weighted by molar-refractivity contribution is 5.39. The van der Waals surface area contributed by atoms with Crippen LogP contribution in [0.25, 0.3) is 0 Å². The van der Waals surface area contributed by atoms with Gasteiger partial charge >= 0.3 is 0 Å². The summed E-state index contributed by atoms with van der Waals surface area (Å²) in [6, 6.07) is 19.9. The van der Waals surface area contributed by atoms with Crippen LogP contribution in [-0.2, 0) is 0 Å². The van der Waals surface area contributed by atoms with Crippen LogP contribution in [0.1, 0.15) is 22.7 Å². The highest BCUT2D eigenvalue weighted by Crippen LogP contribution is 2.28. The van der Waals surface area contributed by atoms with Crippen molar-refractivity contribution in [2.45, 2.75) is 5.92 Å². The molecule has 2 aromatic carbocycles. The molecule has 3 heteroatoms. The topological polar surface area (TPSA) is 45.8 Å². The quantitative estimate of drug-likeness (QED) is 0.788. The summed E-state index contributed by atoms with van der Waals surface area (Å²) in [5.74, 6) is -0.151. The molecule has 20 heavy (non-hydrogen) atoms. The van der Waals surface area contributed by atoms with E-state index in [9.17, 15) is 4.79 Å². The predicted molar refractivity (Wildman–Crippen MR) is 78.7 cm³/mol. The van der Waals surface area contributed by atoms with Crippen molar-refractivity contribution in [1.82, 2.24) is 9.97 Å². The summed E-state index contributed by atoms with van der Waals surface area (Å²) in [5.41, 5.74) is 2.49. The molecule has 0 fully saturated rings. The van der Waals surface area contributed by atoms with Gasteiger partial charge in [0.05, 0.1) is 5.92 Å². The molecule has 3 nitrogen and oxygen atoms in total. The Hall–Kier alpha value is -2.68. The third-order valence-electron chi connectivity index (χ3n) is 3.27. The lowest BCUT2D eigenvalue weighted by Crippen LogP contribution is -2.19. The summed E-state index contributed by atoms with van der Waals surface area (Å²) >= 11 is 0. The van der Waals surface area contributed by atoms with Gasteiger partial charge in [0.25, 0.3) is 5.56 Å². The number of benzene rings is 2. The zero-order chi connectivity index (χ0) is 13.8. The minimum Gasteiger partial charge on any atom is -0.326 e. The second kappa shape index (κ2) is 5.53. The first-order valence-corrected chi connectivity index (χ1v) is 6.50. The molecule has 0 unspecified atom stereocenters. The van der Waals surface area contributed by atoms with Crippen LogP contribution < -0.4 is 5.56 Å². The Morgan fingerprint density at radius 1 is 0.850 bits per heavy atom. The predicted octanol–water partition coefficient (Wildman–Crippen LogP) is 2.95. The van der Waals surface area contributed by atoms with Gasteiger partial charge in [-0.1, -0.05) is 60.7 Å². The molecule has 0 amide bonds. The molecule has 3 rings (SSSR count). The van der Waals surface area contributed by atoms with Crippen LogP contribution in [0.15, 0.2) is 77.9 Å². The third kappa shape index (κ3) is 2.38. The van der Waals surface area contributed by atoms with E-state index in [0.29, 0.717) is 5.69 Å². The molecule has 0 aliphatic carbocycles. The lowest BCUT2D eigenvalue weighted by atomic mass is 9.88. The highest BCUT2D eigenvalue weighted by atomic mass is 16.1. The van der Waals surface area contributed by atoms with E-state index in [1.54, 1.807) is 12.4 Å². The van der Waals surface area contributed by atoms with E-state index in [1.165, 1.54) is 0 Å². The first-order chi connectivity index (χ1) is 9.86. The largest absolute Gasteiger partial charge is 0.326 e. The van der Waals surface area contributed by atoms with E-state index in [0.717, 1.165) is 11.1 Å². The zero-order valence-electron chi connectivity index (χ0n) is 10.9. The molecule has 0 radical (unpaired) electrons. The van der Waals surface area contributed by atoms with E-state index in [4.69, 9.17) is 0 Å². The molecule has 1 N–H and O–H groups in total. The fourth-order valence-electron chi connectivity index (χ4n) is 2.37. The van der Waals surface area contributed by atoms with Crippen LogP contribution in [0.5, 0.6) is 0 Å². The Labute approximate surface area is 117 Å². The van der Waals surface area contributed by atoms with Gasteiger partial charge in [0.15, 0.2) is 0 Å². The monoisotopic (exact) mass is 262 g/mol. The lowest BCUT2D eigenvalue weighted by molar-refractivity contribution is 0.878. The SMILES string of the molecule is O=c1[nH]ccnc1C(c1ccccc1)c1ccccc1. The minimum atomic E-state index is -0.151. The number of hydrogen-bond donors (Lipinski definition) is 1. The van der Waals surface area contributed by atoms with Crippen LogP contribution in [0.3, 0.4) is 0 Å². The minimum absolute atomic E-state index is 0.148. The molecule has 0 saturated heterocycles. The van der Waals surface area contributed by atoms with Gasteiger partial charge in [0, 0.05) is 12.4 Å². The standard InChI is InChI=1S/C17H14N2O/c20-17-16(18-11-12-19-17)15(13-7-3-1-4-8-13)14-9-5-2-6-10-14/h1-12,15H,(H,19,20). The summed E-state index contributed by atoms with van der Waals surface area (Å²) in [7, 11) is 0. The van der Waals surface area contributed by atoms with Gasteiger partial charge in [-0.2, -0.15) is 0 Å². The fourth-order valence-corrected chi connectivity index (χ4v) is 2.37. The lowest BCUT2D eigenvalue weighted by Gasteiger charge is -2.16. The Morgan fingerprint density at radius 2 is 1.40 bits per heavy atom. The molecule has 1 heterocycles. The van der Waals surface area contributed by atoms with E-state index in [1.807, 2.05) is 60.7 Å². The summed E-state index contributed by atoms with van der Waals surface area (Å²) in [6.45, 7) is 0. The molecule has 0 bridgehead atoms. The molecule has 0 aliphatic heterocycles. The van der Waals surface area contributed by atoms with Crippen molar-refractivity contribution < 1.29 is 0 Å². The maximum absolute atomic E-state index is 12.1. The molecule has 0 spiro atoms. The van der Waals surface area contributed by atoms with Crippen molar-refractivity contribution >= 4 is 0 Å². The first kappa shape index (κ1) is 12.4. The number of aromatic nitrogens is 2. The van der Waals surface area contributed by atoms with Gasteiger partial charge in [0.2, 0.25) is 0 Å². The van der Waals surface area contributed by atoms with Gasteiger partial charge < -0.3 is 4.98 Å². The first-order valence-electron chi connectivity index (χ1n) is 6.50. The second-order valence-electron chi connectivity index (χ2n) is 4.56. The van der Waals surface area contributed by atoms with Gasteiger partial charge in [-0.3, -0.25) is 9.78 Å². The molecule has 0 aliphatic rings. The number of rotatable bonds is 3.